The highest BCUT2D eigenvalue weighted by molar-refractivity contribution is 7.91. The van der Waals surface area contributed by atoms with Crippen molar-refractivity contribution in [1.29, 1.82) is 0 Å². The van der Waals surface area contributed by atoms with E-state index in [0.717, 1.165) is 34.6 Å². The van der Waals surface area contributed by atoms with Crippen LogP contribution in [0, 0.1) is 5.92 Å². The van der Waals surface area contributed by atoms with E-state index in [4.69, 9.17) is 4.74 Å². The van der Waals surface area contributed by atoms with Gasteiger partial charge < -0.3 is 9.64 Å². The Morgan fingerprint density at radius 3 is 2.65 bits per heavy atom. The lowest BCUT2D eigenvalue weighted by atomic mass is 10.0. The number of esters is 1. The topological polar surface area (TPSA) is 92.8 Å². The molecule has 2 aromatic rings. The zero-order valence-electron chi connectivity index (χ0n) is 17.4. The first-order valence-corrected chi connectivity index (χ1v) is 12.7. The van der Waals surface area contributed by atoms with Gasteiger partial charge in [0.05, 0.1) is 19.2 Å². The monoisotopic (exact) mass is 462 g/mol. The molecule has 1 amide bonds. The second-order valence-electron chi connectivity index (χ2n) is 8.00. The van der Waals surface area contributed by atoms with E-state index >= 15 is 0 Å². The summed E-state index contributed by atoms with van der Waals surface area (Å²) in [7, 11) is -2.64. The number of amides is 1. The third-order valence-corrected chi connectivity index (χ3v) is 8.92. The van der Waals surface area contributed by atoms with Crippen molar-refractivity contribution in [2.45, 2.75) is 42.9 Å². The van der Waals surface area contributed by atoms with Crippen molar-refractivity contribution in [1.82, 2.24) is 9.62 Å². The molecule has 166 valence electrons. The number of methoxy groups -OCH3 is 1. The molecule has 1 aromatic heterocycles. The Hall–Kier alpha value is -2.23. The highest BCUT2D eigenvalue weighted by Gasteiger charge is 2.35. The maximum absolute atomic E-state index is 13.1. The first-order valence-electron chi connectivity index (χ1n) is 10.4. The van der Waals surface area contributed by atoms with Gasteiger partial charge in [0, 0.05) is 24.4 Å². The number of ether oxygens (including phenoxy) is 1. The molecule has 7 nitrogen and oxygen atoms in total. The highest BCUT2D eigenvalue weighted by atomic mass is 32.2. The number of benzene rings is 1. The molecular formula is C22H26N2O5S2. The molecule has 0 saturated heterocycles. The van der Waals surface area contributed by atoms with Gasteiger partial charge in [0.25, 0.3) is 10.0 Å². The van der Waals surface area contributed by atoms with E-state index in [2.05, 4.69) is 4.72 Å². The Balaban J connectivity index is 1.54. The van der Waals surface area contributed by atoms with Gasteiger partial charge >= 0.3 is 5.97 Å². The van der Waals surface area contributed by atoms with Crippen LogP contribution in [0.1, 0.15) is 45.6 Å². The van der Waals surface area contributed by atoms with E-state index in [1.54, 1.807) is 4.90 Å². The first-order chi connectivity index (χ1) is 14.9. The summed E-state index contributed by atoms with van der Waals surface area (Å²) in [5.41, 5.74) is 1.83. The molecule has 0 unspecified atom stereocenters. The number of fused-ring (bicyclic) bond motifs is 1. The van der Waals surface area contributed by atoms with E-state index < -0.39 is 16.0 Å². The van der Waals surface area contributed by atoms with Gasteiger partial charge in [-0.15, -0.1) is 11.3 Å². The fourth-order valence-electron chi connectivity index (χ4n) is 3.83. The Bertz CT molecular complexity index is 1070. The predicted molar refractivity (Wildman–Crippen MR) is 117 cm³/mol. The van der Waals surface area contributed by atoms with E-state index in [1.165, 1.54) is 7.11 Å². The molecule has 1 fully saturated rings. The predicted octanol–water partition coefficient (Wildman–Crippen LogP) is 2.74. The molecule has 1 aliphatic carbocycles. The zero-order chi connectivity index (χ0) is 22.0. The number of hydrogen-bond donors (Lipinski definition) is 1. The van der Waals surface area contributed by atoms with E-state index in [9.17, 15) is 18.0 Å². The van der Waals surface area contributed by atoms with Crippen LogP contribution in [0.15, 0.2) is 34.5 Å². The van der Waals surface area contributed by atoms with Crippen molar-refractivity contribution >= 4 is 33.2 Å². The van der Waals surface area contributed by atoms with Gasteiger partial charge in [-0.05, 0) is 42.7 Å². The summed E-state index contributed by atoms with van der Waals surface area (Å²) in [6.45, 7) is 1.05. The normalized spacial score (nSPS) is 16.1. The largest absolute Gasteiger partial charge is 0.465 e. The maximum atomic E-state index is 13.1. The smallest absolute Gasteiger partial charge is 0.340 e. The van der Waals surface area contributed by atoms with Crippen LogP contribution in [0.5, 0.6) is 0 Å². The van der Waals surface area contributed by atoms with E-state index in [0.29, 0.717) is 43.8 Å². The van der Waals surface area contributed by atoms with Crippen LogP contribution >= 0.6 is 11.3 Å². The van der Waals surface area contributed by atoms with Crippen LogP contribution in [0.3, 0.4) is 0 Å². The summed E-state index contributed by atoms with van der Waals surface area (Å²) in [4.78, 5) is 27.5. The Kier molecular flexibility index (Phi) is 6.45. The number of carbonyl (C=O) groups excluding carboxylic acids is 2. The SMILES string of the molecule is COC(=O)c1c(S(=O)(=O)NCCc2ccccc2)sc2c1CCN(C(=O)CC1CC1)C2. The summed E-state index contributed by atoms with van der Waals surface area (Å²) in [5, 5.41) is 0. The van der Waals surface area contributed by atoms with Gasteiger partial charge in [0.2, 0.25) is 5.91 Å². The van der Waals surface area contributed by atoms with Crippen molar-refractivity contribution in [3.63, 3.8) is 0 Å². The minimum Gasteiger partial charge on any atom is -0.465 e. The van der Waals surface area contributed by atoms with E-state index in [1.807, 2.05) is 30.3 Å². The Morgan fingerprint density at radius 1 is 1.23 bits per heavy atom. The Morgan fingerprint density at radius 2 is 1.97 bits per heavy atom. The third kappa shape index (κ3) is 4.99. The fraction of sp³-hybridized carbons (Fsp3) is 0.455. The van der Waals surface area contributed by atoms with Crippen molar-refractivity contribution in [2.24, 2.45) is 5.92 Å². The molecule has 9 heteroatoms. The number of nitrogens with zero attached hydrogens (tertiary/aromatic N) is 1. The number of hydrogen-bond acceptors (Lipinski definition) is 6. The number of rotatable bonds is 8. The van der Waals surface area contributed by atoms with Gasteiger partial charge in [-0.2, -0.15) is 0 Å². The quantitative estimate of drug-likeness (QED) is 0.609. The molecular weight excluding hydrogens is 436 g/mol. The maximum Gasteiger partial charge on any atom is 0.340 e. The van der Waals surface area contributed by atoms with Crippen LogP contribution in [0.4, 0.5) is 0 Å². The summed E-state index contributed by atoms with van der Waals surface area (Å²) in [6.07, 6.45) is 3.76. The molecule has 1 aromatic carbocycles. The molecule has 1 aliphatic heterocycles. The number of carbonyl (C=O) groups is 2. The zero-order valence-corrected chi connectivity index (χ0v) is 19.1. The standard InChI is InChI=1S/C22H26N2O5S2/c1-29-21(26)20-17-10-12-24(19(25)13-16-7-8-16)14-18(17)30-22(20)31(27,28)23-11-9-15-5-3-2-4-6-15/h2-6,16,23H,7-14H2,1H3. The fourth-order valence-corrected chi connectivity index (χ4v) is 6.80. The van der Waals surface area contributed by atoms with Crippen LogP contribution in [0.2, 0.25) is 0 Å². The number of nitrogens with one attached hydrogen (secondary N) is 1. The lowest BCUT2D eigenvalue weighted by molar-refractivity contribution is -0.132. The molecule has 0 bridgehead atoms. The van der Waals surface area contributed by atoms with Gasteiger partial charge in [0.15, 0.2) is 0 Å². The molecule has 1 saturated carbocycles. The number of sulfonamides is 1. The van der Waals surface area contributed by atoms with Crippen LogP contribution in [0.25, 0.3) is 0 Å². The average molecular weight is 463 g/mol. The average Bonchev–Trinajstić information content (AvgIpc) is 3.49. The second-order valence-corrected chi connectivity index (χ2v) is 11.1. The molecule has 2 heterocycles. The van der Waals surface area contributed by atoms with Crippen molar-refractivity contribution in [3.05, 3.63) is 51.9 Å². The molecule has 4 rings (SSSR count). The molecule has 2 aliphatic rings. The number of thiophene rings is 1. The van der Waals surface area contributed by atoms with Gasteiger partial charge in [-0.1, -0.05) is 30.3 Å². The lowest BCUT2D eigenvalue weighted by Gasteiger charge is -2.27. The van der Waals surface area contributed by atoms with Gasteiger partial charge in [-0.3, -0.25) is 4.79 Å². The highest BCUT2D eigenvalue weighted by Crippen LogP contribution is 2.38. The van der Waals surface area contributed by atoms with Crippen molar-refractivity contribution in [2.75, 3.05) is 20.2 Å². The summed E-state index contributed by atoms with van der Waals surface area (Å²) >= 11 is 1.07. The minimum atomic E-state index is -3.89. The summed E-state index contributed by atoms with van der Waals surface area (Å²) in [5.74, 6) is -0.0575. The van der Waals surface area contributed by atoms with Gasteiger partial charge in [-0.25, -0.2) is 17.9 Å². The molecule has 0 radical (unpaired) electrons. The first kappa shape index (κ1) is 22.0. The summed E-state index contributed by atoms with van der Waals surface area (Å²) in [6, 6.07) is 9.59. The second kappa shape index (κ2) is 9.10. The van der Waals surface area contributed by atoms with Crippen molar-refractivity contribution in [3.8, 4) is 0 Å². The van der Waals surface area contributed by atoms with Gasteiger partial charge in [0.1, 0.15) is 4.21 Å². The van der Waals surface area contributed by atoms with Crippen LogP contribution in [-0.4, -0.2) is 45.4 Å². The van der Waals surface area contributed by atoms with Crippen molar-refractivity contribution < 1.29 is 22.7 Å². The van der Waals surface area contributed by atoms with Crippen LogP contribution < -0.4 is 4.72 Å². The van der Waals surface area contributed by atoms with Crippen LogP contribution in [-0.2, 0) is 38.9 Å². The summed E-state index contributed by atoms with van der Waals surface area (Å²) < 4.78 is 33.6. The molecule has 0 spiro atoms. The molecule has 31 heavy (non-hydrogen) atoms. The minimum absolute atomic E-state index is 0.0195. The molecule has 0 atom stereocenters. The molecule has 1 N–H and O–H groups in total. The van der Waals surface area contributed by atoms with E-state index in [-0.39, 0.29) is 22.2 Å². The lowest BCUT2D eigenvalue weighted by Crippen LogP contribution is -2.35. The third-order valence-electron chi connectivity index (χ3n) is 5.72. The Labute approximate surface area is 186 Å².